The normalized spacial score (nSPS) is 10.3. The van der Waals surface area contributed by atoms with Gasteiger partial charge in [0, 0.05) is 6.42 Å². The molecular weight excluding hydrogens is 180 g/mol. The van der Waals surface area contributed by atoms with E-state index in [-0.39, 0.29) is 0 Å². The van der Waals surface area contributed by atoms with Crippen LogP contribution in [0.2, 0.25) is 0 Å². The maximum absolute atomic E-state index is 3.20. The molecule has 0 unspecified atom stereocenters. The van der Waals surface area contributed by atoms with E-state index >= 15 is 0 Å². The van der Waals surface area contributed by atoms with Gasteiger partial charge in [-0.05, 0) is 18.9 Å². The monoisotopic (exact) mass is 206 g/mol. The lowest BCUT2D eigenvalue weighted by molar-refractivity contribution is 0.641. The van der Waals surface area contributed by atoms with Crippen LogP contribution in [-0.4, -0.2) is 0 Å². The smallest absolute Gasteiger partial charge is 0.00922 e. The van der Waals surface area contributed by atoms with Crippen LogP contribution in [-0.2, 0) is 0 Å². The molecule has 0 N–H and O–H groups in total. The van der Waals surface area contributed by atoms with E-state index in [1.54, 1.807) is 0 Å². The Morgan fingerprint density at radius 1 is 0.867 bits per heavy atom. The number of rotatable bonds is 8. The molecule has 0 saturated heterocycles. The van der Waals surface area contributed by atoms with Crippen LogP contribution in [0.1, 0.15) is 71.6 Å². The van der Waals surface area contributed by atoms with E-state index in [1.807, 2.05) is 6.08 Å². The Morgan fingerprint density at radius 2 is 1.60 bits per heavy atom. The number of hydrogen-bond acceptors (Lipinski definition) is 0. The maximum Gasteiger partial charge on any atom is 0.00922 e. The van der Waals surface area contributed by atoms with Gasteiger partial charge >= 0.3 is 0 Å². The second-order valence-corrected chi connectivity index (χ2v) is 4.03. The summed E-state index contributed by atoms with van der Waals surface area (Å²) in [5.41, 5.74) is 0. The van der Waals surface area contributed by atoms with Crippen molar-refractivity contribution in [2.75, 3.05) is 0 Å². The molecule has 0 aromatic rings. The molecule has 86 valence electrons. The summed E-state index contributed by atoms with van der Waals surface area (Å²) < 4.78 is 0. The van der Waals surface area contributed by atoms with Crippen molar-refractivity contribution in [1.82, 2.24) is 0 Å². The van der Waals surface area contributed by atoms with Gasteiger partial charge < -0.3 is 0 Å². The molecule has 0 nitrogen and oxygen atoms in total. The molecule has 0 heterocycles. The minimum absolute atomic E-state index is 1.07. The minimum Gasteiger partial charge on any atom is -0.0985 e. The van der Waals surface area contributed by atoms with E-state index in [4.69, 9.17) is 0 Å². The summed E-state index contributed by atoms with van der Waals surface area (Å²) in [4.78, 5) is 0. The van der Waals surface area contributed by atoms with Gasteiger partial charge in [0.1, 0.15) is 0 Å². The van der Waals surface area contributed by atoms with E-state index in [9.17, 15) is 0 Å². The van der Waals surface area contributed by atoms with Crippen LogP contribution in [0.25, 0.3) is 0 Å². The van der Waals surface area contributed by atoms with Gasteiger partial charge in [-0.25, -0.2) is 0 Å². The molecule has 0 spiro atoms. The molecule has 0 aliphatic rings. The predicted molar refractivity (Wildman–Crippen MR) is 69.8 cm³/mol. The van der Waals surface area contributed by atoms with Crippen molar-refractivity contribution < 1.29 is 0 Å². The van der Waals surface area contributed by atoms with Crippen molar-refractivity contribution in [3.8, 4) is 11.8 Å². The Bertz CT molecular complexity index is 190. The largest absolute Gasteiger partial charge is 0.0985 e. The molecule has 15 heavy (non-hydrogen) atoms. The quantitative estimate of drug-likeness (QED) is 0.383. The third kappa shape index (κ3) is 13.3. The van der Waals surface area contributed by atoms with Crippen LogP contribution in [0, 0.1) is 11.8 Å². The molecule has 0 rings (SSSR count). The second-order valence-electron chi connectivity index (χ2n) is 4.03. The summed E-state index contributed by atoms with van der Waals surface area (Å²) in [6.45, 7) is 4.47. The van der Waals surface area contributed by atoms with Crippen molar-refractivity contribution in [3.63, 3.8) is 0 Å². The van der Waals surface area contributed by atoms with Crippen molar-refractivity contribution in [2.24, 2.45) is 0 Å². The first kappa shape index (κ1) is 14.3. The van der Waals surface area contributed by atoms with Crippen LogP contribution in [0.15, 0.2) is 12.2 Å². The van der Waals surface area contributed by atoms with E-state index in [1.165, 1.54) is 51.4 Å². The standard InChI is InChI=1S/C15H26/c1-3-5-7-9-11-13-15-14-12-10-8-6-4-2/h9,11H,3-8,10,12,14H2,1-2H3/b11-9-. The molecule has 0 aliphatic carbocycles. The van der Waals surface area contributed by atoms with Crippen molar-refractivity contribution >= 4 is 0 Å². The average molecular weight is 206 g/mol. The van der Waals surface area contributed by atoms with E-state index < -0.39 is 0 Å². The SMILES string of the molecule is CCCC/C=C\C#CCCCCCCC. The molecule has 0 aromatic heterocycles. The summed E-state index contributed by atoms with van der Waals surface area (Å²) in [7, 11) is 0. The summed E-state index contributed by atoms with van der Waals surface area (Å²) in [6, 6.07) is 0. The number of unbranched alkanes of at least 4 members (excludes halogenated alkanes) is 7. The van der Waals surface area contributed by atoms with Crippen LogP contribution in [0.3, 0.4) is 0 Å². The first-order chi connectivity index (χ1) is 7.41. The summed E-state index contributed by atoms with van der Waals surface area (Å²) in [6.07, 6.45) is 15.7. The third-order valence-corrected chi connectivity index (χ3v) is 2.43. The second kappa shape index (κ2) is 13.3. The molecule has 0 radical (unpaired) electrons. The highest BCUT2D eigenvalue weighted by Gasteiger charge is 1.85. The molecule has 0 aromatic carbocycles. The summed E-state index contributed by atoms with van der Waals surface area (Å²) in [5, 5.41) is 0. The van der Waals surface area contributed by atoms with Crippen molar-refractivity contribution in [3.05, 3.63) is 12.2 Å². The van der Waals surface area contributed by atoms with Crippen LogP contribution < -0.4 is 0 Å². The molecular formula is C15H26. The Balaban J connectivity index is 3.19. The molecule has 0 atom stereocenters. The van der Waals surface area contributed by atoms with Gasteiger partial charge in [-0.3, -0.25) is 0 Å². The Morgan fingerprint density at radius 3 is 2.33 bits per heavy atom. The first-order valence-corrected chi connectivity index (χ1v) is 6.55. The van der Waals surface area contributed by atoms with Gasteiger partial charge in [0.15, 0.2) is 0 Å². The molecule has 0 bridgehead atoms. The van der Waals surface area contributed by atoms with Gasteiger partial charge in [-0.15, -0.1) is 0 Å². The van der Waals surface area contributed by atoms with Crippen LogP contribution in [0.4, 0.5) is 0 Å². The van der Waals surface area contributed by atoms with Gasteiger partial charge in [0.25, 0.3) is 0 Å². The highest BCUT2D eigenvalue weighted by atomic mass is 13.9. The highest BCUT2D eigenvalue weighted by molar-refractivity contribution is 5.14. The maximum atomic E-state index is 3.20. The van der Waals surface area contributed by atoms with Crippen LogP contribution in [0.5, 0.6) is 0 Å². The van der Waals surface area contributed by atoms with Gasteiger partial charge in [-0.2, -0.15) is 0 Å². The molecule has 0 saturated carbocycles. The van der Waals surface area contributed by atoms with Gasteiger partial charge in [-0.1, -0.05) is 70.3 Å². The van der Waals surface area contributed by atoms with E-state index in [2.05, 4.69) is 31.8 Å². The average Bonchev–Trinajstić information content (AvgIpc) is 2.26. The fraction of sp³-hybridized carbons (Fsp3) is 0.733. The third-order valence-electron chi connectivity index (χ3n) is 2.43. The first-order valence-electron chi connectivity index (χ1n) is 6.55. The number of hydrogen-bond donors (Lipinski definition) is 0. The predicted octanol–water partition coefficient (Wildman–Crippen LogP) is 5.10. The lowest BCUT2D eigenvalue weighted by atomic mass is 10.1. The van der Waals surface area contributed by atoms with Gasteiger partial charge in [0.05, 0.1) is 0 Å². The van der Waals surface area contributed by atoms with Gasteiger partial charge in [0.2, 0.25) is 0 Å². The van der Waals surface area contributed by atoms with E-state index in [0.29, 0.717) is 0 Å². The Labute approximate surface area is 96.2 Å². The fourth-order valence-electron chi connectivity index (χ4n) is 1.41. The molecule has 0 aliphatic heterocycles. The molecule has 0 amide bonds. The zero-order chi connectivity index (χ0) is 11.2. The summed E-state index contributed by atoms with van der Waals surface area (Å²) >= 11 is 0. The lowest BCUT2D eigenvalue weighted by Crippen LogP contribution is -1.75. The highest BCUT2D eigenvalue weighted by Crippen LogP contribution is 2.03. The van der Waals surface area contributed by atoms with Crippen molar-refractivity contribution in [1.29, 1.82) is 0 Å². The Hall–Kier alpha value is -0.700. The van der Waals surface area contributed by atoms with Crippen LogP contribution >= 0.6 is 0 Å². The molecule has 0 heteroatoms. The van der Waals surface area contributed by atoms with Crippen molar-refractivity contribution in [2.45, 2.75) is 71.6 Å². The Kier molecular flexibility index (Phi) is 12.7. The summed E-state index contributed by atoms with van der Waals surface area (Å²) in [5.74, 6) is 6.31. The zero-order valence-corrected chi connectivity index (χ0v) is 10.5. The lowest BCUT2D eigenvalue weighted by Gasteiger charge is -1.94. The number of allylic oxidation sites excluding steroid dienone is 2. The molecule has 0 fully saturated rings. The zero-order valence-electron chi connectivity index (χ0n) is 10.5. The van der Waals surface area contributed by atoms with E-state index in [0.717, 1.165) is 6.42 Å². The fourth-order valence-corrected chi connectivity index (χ4v) is 1.41. The minimum atomic E-state index is 1.07. The topological polar surface area (TPSA) is 0 Å².